The van der Waals surface area contributed by atoms with Crippen molar-refractivity contribution in [2.45, 2.75) is 6.92 Å². The zero-order valence-electron chi connectivity index (χ0n) is 6.92. The van der Waals surface area contributed by atoms with Crippen molar-refractivity contribution in [3.8, 4) is 0 Å². The van der Waals surface area contributed by atoms with Crippen molar-refractivity contribution < 1.29 is 0 Å². The van der Waals surface area contributed by atoms with Crippen LogP contribution in [0.4, 0.5) is 5.69 Å². The molecule has 1 aliphatic rings. The highest BCUT2D eigenvalue weighted by Gasteiger charge is 2.11. The SMILES string of the molecule is Cc1cccc2c1N(Br)CC=C2. The van der Waals surface area contributed by atoms with Crippen molar-refractivity contribution in [1.29, 1.82) is 0 Å². The lowest BCUT2D eigenvalue weighted by Gasteiger charge is -2.22. The lowest BCUT2D eigenvalue weighted by Crippen LogP contribution is -2.14. The highest BCUT2D eigenvalue weighted by molar-refractivity contribution is 9.10. The van der Waals surface area contributed by atoms with Crippen LogP contribution < -0.4 is 3.93 Å². The Hall–Kier alpha value is -0.760. The fourth-order valence-electron chi connectivity index (χ4n) is 1.51. The quantitative estimate of drug-likeness (QED) is 0.612. The molecule has 0 N–H and O–H groups in total. The van der Waals surface area contributed by atoms with E-state index in [1.807, 2.05) is 0 Å². The summed E-state index contributed by atoms with van der Waals surface area (Å²) in [5.41, 5.74) is 3.90. The molecule has 0 unspecified atom stereocenters. The summed E-state index contributed by atoms with van der Waals surface area (Å²) in [6, 6.07) is 6.35. The maximum atomic E-state index is 3.52. The number of fused-ring (bicyclic) bond motifs is 1. The second-order valence-corrected chi connectivity index (χ2v) is 3.82. The molecule has 0 fully saturated rings. The van der Waals surface area contributed by atoms with Gasteiger partial charge in [0.05, 0.1) is 5.69 Å². The maximum absolute atomic E-state index is 3.52. The molecule has 2 rings (SSSR count). The van der Waals surface area contributed by atoms with Gasteiger partial charge in [-0.05, 0) is 18.1 Å². The second-order valence-electron chi connectivity index (χ2n) is 2.96. The van der Waals surface area contributed by atoms with Gasteiger partial charge in [0.15, 0.2) is 0 Å². The zero-order chi connectivity index (χ0) is 8.55. The summed E-state index contributed by atoms with van der Waals surface area (Å²) in [4.78, 5) is 0. The van der Waals surface area contributed by atoms with Gasteiger partial charge < -0.3 is 3.93 Å². The molecule has 1 aromatic carbocycles. The van der Waals surface area contributed by atoms with Crippen LogP contribution in [0.2, 0.25) is 0 Å². The summed E-state index contributed by atoms with van der Waals surface area (Å²) >= 11 is 3.52. The molecule has 0 saturated heterocycles. The second kappa shape index (κ2) is 2.94. The Kier molecular flexibility index (Phi) is 1.93. The van der Waals surface area contributed by atoms with E-state index in [-0.39, 0.29) is 0 Å². The van der Waals surface area contributed by atoms with Gasteiger partial charge in [0, 0.05) is 22.7 Å². The molecule has 12 heavy (non-hydrogen) atoms. The van der Waals surface area contributed by atoms with Crippen LogP contribution in [0.3, 0.4) is 0 Å². The maximum Gasteiger partial charge on any atom is 0.0575 e. The number of anilines is 1. The molecule has 2 heteroatoms. The summed E-state index contributed by atoms with van der Waals surface area (Å²) in [5, 5.41) is 0. The third kappa shape index (κ3) is 1.16. The van der Waals surface area contributed by atoms with E-state index in [2.05, 4.69) is 57.3 Å². The molecule has 1 aliphatic heterocycles. The van der Waals surface area contributed by atoms with Crippen molar-refractivity contribution in [2.24, 2.45) is 0 Å². The Labute approximate surface area is 81.0 Å². The first-order chi connectivity index (χ1) is 5.79. The van der Waals surface area contributed by atoms with Gasteiger partial charge in [-0.25, -0.2) is 0 Å². The molecule has 1 nitrogen and oxygen atoms in total. The number of nitrogens with zero attached hydrogens (tertiary/aromatic N) is 1. The minimum atomic E-state index is 0.942. The van der Waals surface area contributed by atoms with Gasteiger partial charge in [-0.3, -0.25) is 0 Å². The number of rotatable bonds is 0. The smallest absolute Gasteiger partial charge is 0.0575 e. The van der Waals surface area contributed by atoms with Crippen molar-refractivity contribution in [3.05, 3.63) is 35.4 Å². The standard InChI is InChI=1S/C10H10BrN/c1-8-4-2-5-9-6-3-7-12(11)10(8)9/h2-6H,7H2,1H3. The van der Waals surface area contributed by atoms with Gasteiger partial charge in [-0.2, -0.15) is 0 Å². The van der Waals surface area contributed by atoms with Crippen LogP contribution in [0.1, 0.15) is 11.1 Å². The van der Waals surface area contributed by atoms with Crippen LogP contribution in [0.5, 0.6) is 0 Å². The van der Waals surface area contributed by atoms with Crippen molar-refractivity contribution in [2.75, 3.05) is 10.5 Å². The predicted octanol–water partition coefficient (Wildman–Crippen LogP) is 3.14. The Bertz CT molecular complexity index is 331. The van der Waals surface area contributed by atoms with Crippen molar-refractivity contribution in [3.63, 3.8) is 0 Å². The molecule has 0 atom stereocenters. The summed E-state index contributed by atoms with van der Waals surface area (Å²) in [7, 11) is 0. The average molecular weight is 224 g/mol. The summed E-state index contributed by atoms with van der Waals surface area (Å²) in [6.07, 6.45) is 4.32. The number of hydrogen-bond acceptors (Lipinski definition) is 1. The molecule has 62 valence electrons. The van der Waals surface area contributed by atoms with Gasteiger partial charge >= 0.3 is 0 Å². The van der Waals surface area contributed by atoms with Gasteiger partial charge in [0.1, 0.15) is 0 Å². The lowest BCUT2D eigenvalue weighted by atomic mass is 10.1. The number of halogens is 1. The summed E-state index contributed by atoms with van der Waals surface area (Å²) < 4.78 is 2.09. The van der Waals surface area contributed by atoms with Gasteiger partial charge in [-0.1, -0.05) is 30.4 Å². The van der Waals surface area contributed by atoms with Crippen LogP contribution >= 0.6 is 16.1 Å². The minimum absolute atomic E-state index is 0.942. The normalized spacial score (nSPS) is 14.7. The highest BCUT2D eigenvalue weighted by atomic mass is 79.9. The van der Waals surface area contributed by atoms with Crippen molar-refractivity contribution in [1.82, 2.24) is 0 Å². The molecule has 1 aromatic rings. The fourth-order valence-corrected chi connectivity index (χ4v) is 2.16. The Morgan fingerprint density at radius 1 is 1.42 bits per heavy atom. The third-order valence-electron chi connectivity index (χ3n) is 2.07. The first kappa shape index (κ1) is 7.87. The first-order valence-electron chi connectivity index (χ1n) is 3.98. The zero-order valence-corrected chi connectivity index (χ0v) is 8.51. The molecule has 0 aliphatic carbocycles. The average Bonchev–Trinajstić information content (AvgIpc) is 2.04. The van der Waals surface area contributed by atoms with E-state index in [9.17, 15) is 0 Å². The van der Waals surface area contributed by atoms with E-state index in [0.29, 0.717) is 0 Å². The predicted molar refractivity (Wildman–Crippen MR) is 56.5 cm³/mol. The number of para-hydroxylation sites is 1. The molecule has 1 heterocycles. The van der Waals surface area contributed by atoms with E-state index in [1.54, 1.807) is 0 Å². The number of aryl methyl sites for hydroxylation is 1. The minimum Gasteiger partial charge on any atom is -0.304 e. The van der Waals surface area contributed by atoms with Crippen LogP contribution in [0.25, 0.3) is 6.08 Å². The Balaban J connectivity index is 2.62. The molecule has 0 bridgehead atoms. The largest absolute Gasteiger partial charge is 0.304 e. The Morgan fingerprint density at radius 2 is 2.25 bits per heavy atom. The molecular formula is C10H10BrN. The highest BCUT2D eigenvalue weighted by Crippen LogP contribution is 2.31. The van der Waals surface area contributed by atoms with E-state index < -0.39 is 0 Å². The van der Waals surface area contributed by atoms with E-state index in [0.717, 1.165) is 6.54 Å². The fraction of sp³-hybridized carbons (Fsp3) is 0.200. The summed E-state index contributed by atoms with van der Waals surface area (Å²) in [6.45, 7) is 3.07. The van der Waals surface area contributed by atoms with Crippen LogP contribution in [-0.2, 0) is 0 Å². The third-order valence-corrected chi connectivity index (χ3v) is 2.72. The number of benzene rings is 1. The molecular weight excluding hydrogens is 214 g/mol. The molecule has 0 radical (unpaired) electrons. The van der Waals surface area contributed by atoms with Gasteiger partial charge in [-0.15, -0.1) is 0 Å². The molecule has 0 saturated carbocycles. The molecule has 0 spiro atoms. The lowest BCUT2D eigenvalue weighted by molar-refractivity contribution is 1.19. The van der Waals surface area contributed by atoms with E-state index in [1.165, 1.54) is 16.8 Å². The molecule has 0 amide bonds. The monoisotopic (exact) mass is 223 g/mol. The Morgan fingerprint density at radius 3 is 3.00 bits per heavy atom. The van der Waals surface area contributed by atoms with E-state index in [4.69, 9.17) is 0 Å². The van der Waals surface area contributed by atoms with E-state index >= 15 is 0 Å². The topological polar surface area (TPSA) is 3.24 Å². The van der Waals surface area contributed by atoms with Crippen LogP contribution in [-0.4, -0.2) is 6.54 Å². The first-order valence-corrected chi connectivity index (χ1v) is 4.69. The summed E-state index contributed by atoms with van der Waals surface area (Å²) in [5.74, 6) is 0. The van der Waals surface area contributed by atoms with Gasteiger partial charge in [0.2, 0.25) is 0 Å². The van der Waals surface area contributed by atoms with Crippen LogP contribution in [0, 0.1) is 6.92 Å². The number of hydrogen-bond donors (Lipinski definition) is 0. The molecule has 0 aromatic heterocycles. The van der Waals surface area contributed by atoms with Crippen LogP contribution in [0.15, 0.2) is 24.3 Å². The van der Waals surface area contributed by atoms with Gasteiger partial charge in [0.25, 0.3) is 0 Å². The van der Waals surface area contributed by atoms with Crippen molar-refractivity contribution >= 4 is 27.9 Å².